The van der Waals surface area contributed by atoms with Crippen LogP contribution >= 0.6 is 0 Å². The highest BCUT2D eigenvalue weighted by atomic mass is 19.4. The molecule has 1 aromatic rings. The van der Waals surface area contributed by atoms with Crippen molar-refractivity contribution in [3.8, 4) is 0 Å². The van der Waals surface area contributed by atoms with Gasteiger partial charge in [-0.1, -0.05) is 18.2 Å². The normalized spacial score (nSPS) is 19.3. The number of likely N-dealkylation sites (tertiary alicyclic amines) is 1. The molecule has 1 aliphatic heterocycles. The minimum atomic E-state index is -4.42. The average Bonchev–Trinajstić information content (AvgIpc) is 2.47. The summed E-state index contributed by atoms with van der Waals surface area (Å²) in [6, 6.07) is 5.02. The molecule has 21 heavy (non-hydrogen) atoms. The summed E-state index contributed by atoms with van der Waals surface area (Å²) in [5.41, 5.74) is -1.33. The van der Waals surface area contributed by atoms with Gasteiger partial charge in [0.2, 0.25) is 0 Å². The first-order valence-electron chi connectivity index (χ1n) is 6.74. The molecule has 1 aromatic carbocycles. The first kappa shape index (κ1) is 15.8. The molecule has 1 heterocycles. The van der Waals surface area contributed by atoms with E-state index >= 15 is 0 Å². The van der Waals surface area contributed by atoms with Crippen LogP contribution in [0.1, 0.15) is 24.0 Å². The first-order chi connectivity index (χ1) is 9.79. The number of alkyl halides is 3. The Hall–Kier alpha value is -1.56. The number of carbonyl (C=O) groups is 1. The number of nitrogens with zero attached hydrogens (tertiary/aromatic N) is 1. The fourth-order valence-electron chi connectivity index (χ4n) is 2.80. The van der Waals surface area contributed by atoms with Crippen molar-refractivity contribution in [1.82, 2.24) is 4.90 Å². The Kier molecular flexibility index (Phi) is 4.27. The lowest BCUT2D eigenvalue weighted by Crippen LogP contribution is -2.46. The van der Waals surface area contributed by atoms with Gasteiger partial charge in [-0.3, -0.25) is 4.79 Å². The Morgan fingerprint density at radius 2 is 1.90 bits per heavy atom. The van der Waals surface area contributed by atoms with E-state index in [1.165, 1.54) is 13.2 Å². The zero-order valence-corrected chi connectivity index (χ0v) is 12.0. The summed E-state index contributed by atoms with van der Waals surface area (Å²) in [6.07, 6.45) is -3.51. The molecule has 0 radical (unpaired) electrons. The predicted molar refractivity (Wildman–Crippen MR) is 71.9 cm³/mol. The van der Waals surface area contributed by atoms with Crippen LogP contribution in [0.15, 0.2) is 24.3 Å². The molecule has 2 rings (SSSR count). The van der Waals surface area contributed by atoms with Crippen LogP contribution in [0.4, 0.5) is 13.2 Å². The molecule has 1 fully saturated rings. The van der Waals surface area contributed by atoms with Crippen molar-refractivity contribution < 1.29 is 22.7 Å². The molecule has 116 valence electrons. The van der Waals surface area contributed by atoms with Gasteiger partial charge in [0, 0.05) is 0 Å². The highest BCUT2D eigenvalue weighted by molar-refractivity contribution is 5.83. The molecule has 3 nitrogen and oxygen atoms in total. The van der Waals surface area contributed by atoms with E-state index in [1.807, 2.05) is 7.05 Å². The minimum absolute atomic E-state index is 0.386. The van der Waals surface area contributed by atoms with Crippen molar-refractivity contribution in [2.45, 2.75) is 24.4 Å². The van der Waals surface area contributed by atoms with E-state index in [4.69, 9.17) is 4.74 Å². The van der Waals surface area contributed by atoms with Crippen LogP contribution in [-0.2, 0) is 21.1 Å². The number of piperidine rings is 1. The molecular formula is C15H18F3NO2. The molecule has 6 heteroatoms. The minimum Gasteiger partial charge on any atom is -0.468 e. The second-order valence-electron chi connectivity index (χ2n) is 5.46. The molecule has 1 aliphatic rings. The summed E-state index contributed by atoms with van der Waals surface area (Å²) in [7, 11) is 3.20. The largest absolute Gasteiger partial charge is 0.468 e. The predicted octanol–water partition coefficient (Wildman–Crippen LogP) is 2.84. The van der Waals surface area contributed by atoms with Gasteiger partial charge >= 0.3 is 12.1 Å². The molecular weight excluding hydrogens is 283 g/mol. The molecule has 0 amide bonds. The van der Waals surface area contributed by atoms with Crippen LogP contribution in [0.5, 0.6) is 0 Å². The zero-order valence-electron chi connectivity index (χ0n) is 12.0. The number of carbonyl (C=O) groups excluding carboxylic acids is 1. The van der Waals surface area contributed by atoms with Gasteiger partial charge in [-0.2, -0.15) is 13.2 Å². The third-order valence-electron chi connectivity index (χ3n) is 4.16. The quantitative estimate of drug-likeness (QED) is 0.787. The molecule has 0 aliphatic carbocycles. The Balaban J connectivity index is 2.45. The number of hydrogen-bond donors (Lipinski definition) is 0. The van der Waals surface area contributed by atoms with Crippen molar-refractivity contribution >= 4 is 5.97 Å². The highest BCUT2D eigenvalue weighted by Crippen LogP contribution is 2.39. The maximum Gasteiger partial charge on any atom is 0.416 e. The number of halogens is 3. The Morgan fingerprint density at radius 3 is 2.43 bits per heavy atom. The van der Waals surface area contributed by atoms with Gasteiger partial charge < -0.3 is 9.64 Å². The molecule has 0 saturated carbocycles. The third kappa shape index (κ3) is 3.05. The summed E-state index contributed by atoms with van der Waals surface area (Å²) in [4.78, 5) is 14.3. The van der Waals surface area contributed by atoms with E-state index in [-0.39, 0.29) is 0 Å². The van der Waals surface area contributed by atoms with Crippen LogP contribution in [0.2, 0.25) is 0 Å². The fourth-order valence-corrected chi connectivity index (χ4v) is 2.80. The Bertz CT molecular complexity index is 520. The van der Waals surface area contributed by atoms with Gasteiger partial charge in [0.05, 0.1) is 18.1 Å². The lowest BCUT2D eigenvalue weighted by molar-refractivity contribution is -0.150. The number of hydrogen-bond acceptors (Lipinski definition) is 3. The van der Waals surface area contributed by atoms with E-state index in [0.717, 1.165) is 12.1 Å². The number of rotatable bonds is 2. The lowest BCUT2D eigenvalue weighted by atomic mass is 9.72. The van der Waals surface area contributed by atoms with Gasteiger partial charge in [0.25, 0.3) is 0 Å². The van der Waals surface area contributed by atoms with E-state index < -0.39 is 23.1 Å². The van der Waals surface area contributed by atoms with Crippen molar-refractivity contribution in [2.24, 2.45) is 0 Å². The zero-order chi connectivity index (χ0) is 15.7. The van der Waals surface area contributed by atoms with Gasteiger partial charge in [0.1, 0.15) is 0 Å². The van der Waals surface area contributed by atoms with Crippen LogP contribution in [-0.4, -0.2) is 38.1 Å². The number of esters is 1. The van der Waals surface area contributed by atoms with Crippen molar-refractivity contribution in [1.29, 1.82) is 0 Å². The van der Waals surface area contributed by atoms with E-state index in [2.05, 4.69) is 4.90 Å². The van der Waals surface area contributed by atoms with E-state index in [1.54, 1.807) is 6.07 Å². The molecule has 0 bridgehead atoms. The van der Waals surface area contributed by atoms with Crippen LogP contribution in [0.3, 0.4) is 0 Å². The van der Waals surface area contributed by atoms with E-state index in [0.29, 0.717) is 31.5 Å². The van der Waals surface area contributed by atoms with Crippen molar-refractivity contribution in [3.63, 3.8) is 0 Å². The standard InChI is InChI=1S/C15H18F3NO2/c1-19-8-6-14(7-9-19,13(20)21-2)11-4-3-5-12(10-11)15(16,17)18/h3-5,10H,6-9H2,1-2H3. The highest BCUT2D eigenvalue weighted by Gasteiger charge is 2.44. The maximum atomic E-state index is 12.9. The summed E-state index contributed by atoms with van der Waals surface area (Å²) in [6.45, 7) is 1.29. The first-order valence-corrected chi connectivity index (χ1v) is 6.74. The second-order valence-corrected chi connectivity index (χ2v) is 5.46. The summed E-state index contributed by atoms with van der Waals surface area (Å²) < 4.78 is 43.5. The molecule has 0 spiro atoms. The molecule has 0 unspecified atom stereocenters. The molecule has 0 aromatic heterocycles. The van der Waals surface area contributed by atoms with Gasteiger partial charge in [0.15, 0.2) is 0 Å². The van der Waals surface area contributed by atoms with Crippen LogP contribution in [0.25, 0.3) is 0 Å². The number of methoxy groups -OCH3 is 1. The average molecular weight is 301 g/mol. The van der Waals surface area contributed by atoms with Gasteiger partial charge in [-0.05, 0) is 44.6 Å². The number of benzene rings is 1. The second kappa shape index (κ2) is 5.67. The van der Waals surface area contributed by atoms with Crippen molar-refractivity contribution in [2.75, 3.05) is 27.2 Å². The molecule has 0 atom stereocenters. The van der Waals surface area contributed by atoms with Gasteiger partial charge in [-0.25, -0.2) is 0 Å². The summed E-state index contributed by atoms with van der Waals surface area (Å²) in [5, 5.41) is 0. The Labute approximate surface area is 121 Å². The smallest absolute Gasteiger partial charge is 0.416 e. The maximum absolute atomic E-state index is 12.9. The summed E-state index contributed by atoms with van der Waals surface area (Å²) >= 11 is 0. The van der Waals surface area contributed by atoms with E-state index in [9.17, 15) is 18.0 Å². The fraction of sp³-hybridized carbons (Fsp3) is 0.533. The van der Waals surface area contributed by atoms with Crippen LogP contribution in [0, 0.1) is 0 Å². The monoisotopic (exact) mass is 301 g/mol. The lowest BCUT2D eigenvalue weighted by Gasteiger charge is -2.38. The molecule has 0 N–H and O–H groups in total. The third-order valence-corrected chi connectivity index (χ3v) is 4.16. The topological polar surface area (TPSA) is 29.5 Å². The SMILES string of the molecule is COC(=O)C1(c2cccc(C(F)(F)F)c2)CCN(C)CC1. The molecule has 1 saturated heterocycles. The summed E-state index contributed by atoms with van der Waals surface area (Å²) in [5.74, 6) is -0.463. The van der Waals surface area contributed by atoms with Crippen molar-refractivity contribution in [3.05, 3.63) is 35.4 Å². The Morgan fingerprint density at radius 1 is 1.29 bits per heavy atom. The van der Waals surface area contributed by atoms with Gasteiger partial charge in [-0.15, -0.1) is 0 Å². The van der Waals surface area contributed by atoms with Crippen LogP contribution < -0.4 is 0 Å². The number of ether oxygens (including phenoxy) is 1.